The number of piperidine rings is 1. The van der Waals surface area contributed by atoms with Crippen molar-refractivity contribution in [2.24, 2.45) is 5.41 Å². The second-order valence-corrected chi connectivity index (χ2v) is 7.15. The third-order valence-electron chi connectivity index (χ3n) is 3.82. The van der Waals surface area contributed by atoms with E-state index in [1.807, 2.05) is 6.20 Å². The molecule has 3 nitrogen and oxygen atoms in total. The Morgan fingerprint density at radius 2 is 1.95 bits per heavy atom. The predicted octanol–water partition coefficient (Wildman–Crippen LogP) is 3.52. The van der Waals surface area contributed by atoms with Gasteiger partial charge in [0.2, 0.25) is 0 Å². The second kappa shape index (κ2) is 6.08. The molecule has 1 fully saturated rings. The summed E-state index contributed by atoms with van der Waals surface area (Å²) in [4.78, 5) is 2.60. The van der Waals surface area contributed by atoms with E-state index in [9.17, 15) is 0 Å². The molecule has 1 aromatic rings. The summed E-state index contributed by atoms with van der Waals surface area (Å²) in [6, 6.07) is 0.613. The number of rotatable bonds is 4. The van der Waals surface area contributed by atoms with E-state index in [1.165, 1.54) is 44.5 Å². The number of aromatic nitrogens is 2. The van der Waals surface area contributed by atoms with E-state index >= 15 is 0 Å². The van der Waals surface area contributed by atoms with Crippen LogP contribution in [0.3, 0.4) is 0 Å². The fourth-order valence-corrected chi connectivity index (χ4v) is 3.01. The topological polar surface area (TPSA) is 21.1 Å². The minimum Gasteiger partial charge on any atom is -0.303 e. The Balaban J connectivity index is 1.85. The van der Waals surface area contributed by atoms with Crippen molar-refractivity contribution in [3.05, 3.63) is 18.0 Å². The van der Waals surface area contributed by atoms with Crippen molar-refractivity contribution in [1.82, 2.24) is 14.7 Å². The van der Waals surface area contributed by atoms with Gasteiger partial charge in [-0.25, -0.2) is 0 Å². The molecule has 1 aliphatic rings. The van der Waals surface area contributed by atoms with Gasteiger partial charge in [-0.2, -0.15) is 5.10 Å². The summed E-state index contributed by atoms with van der Waals surface area (Å²) in [6.45, 7) is 12.8. The van der Waals surface area contributed by atoms with Crippen molar-refractivity contribution < 1.29 is 0 Å². The van der Waals surface area contributed by atoms with Gasteiger partial charge in [0, 0.05) is 25.8 Å². The standard InChI is InChI=1S/C16H29N3/c1-5-6-14-11-17-19(12-14)15-7-9-18(10-8-15)13-16(2,3)4/h11-12,15H,5-10,13H2,1-4H3. The van der Waals surface area contributed by atoms with E-state index in [0.29, 0.717) is 11.5 Å². The van der Waals surface area contributed by atoms with Gasteiger partial charge in [-0.05, 0) is 30.2 Å². The molecule has 0 spiro atoms. The Kier molecular flexibility index (Phi) is 4.67. The SMILES string of the molecule is CCCc1cnn(C2CCN(CC(C)(C)C)CC2)c1. The lowest BCUT2D eigenvalue weighted by Gasteiger charge is -2.35. The Morgan fingerprint density at radius 1 is 1.26 bits per heavy atom. The molecule has 1 aromatic heterocycles. The van der Waals surface area contributed by atoms with Gasteiger partial charge in [-0.15, -0.1) is 0 Å². The third kappa shape index (κ3) is 4.34. The quantitative estimate of drug-likeness (QED) is 0.829. The molecule has 0 amide bonds. The average molecular weight is 263 g/mol. The molecule has 0 N–H and O–H groups in total. The highest BCUT2D eigenvalue weighted by atomic mass is 15.3. The first kappa shape index (κ1) is 14.6. The summed E-state index contributed by atoms with van der Waals surface area (Å²) in [5.41, 5.74) is 1.80. The molecule has 108 valence electrons. The number of likely N-dealkylation sites (tertiary alicyclic amines) is 1. The lowest BCUT2D eigenvalue weighted by atomic mass is 9.94. The monoisotopic (exact) mass is 263 g/mol. The lowest BCUT2D eigenvalue weighted by Crippen LogP contribution is -2.39. The summed E-state index contributed by atoms with van der Waals surface area (Å²) in [5.74, 6) is 0. The van der Waals surface area contributed by atoms with Gasteiger partial charge in [-0.1, -0.05) is 34.1 Å². The maximum Gasteiger partial charge on any atom is 0.0543 e. The smallest absolute Gasteiger partial charge is 0.0543 e. The lowest BCUT2D eigenvalue weighted by molar-refractivity contribution is 0.135. The molecule has 19 heavy (non-hydrogen) atoms. The fourth-order valence-electron chi connectivity index (χ4n) is 3.01. The number of aryl methyl sites for hydroxylation is 1. The van der Waals surface area contributed by atoms with Crippen molar-refractivity contribution in [2.75, 3.05) is 19.6 Å². The number of hydrogen-bond donors (Lipinski definition) is 0. The van der Waals surface area contributed by atoms with Gasteiger partial charge in [0.05, 0.1) is 12.2 Å². The van der Waals surface area contributed by atoms with Crippen LogP contribution in [0.4, 0.5) is 0 Å². The Hall–Kier alpha value is -0.830. The highest BCUT2D eigenvalue weighted by Gasteiger charge is 2.24. The molecule has 0 radical (unpaired) electrons. The first-order valence-corrected chi connectivity index (χ1v) is 7.73. The molecule has 0 unspecified atom stereocenters. The van der Waals surface area contributed by atoms with Crippen LogP contribution in [0, 0.1) is 5.41 Å². The van der Waals surface area contributed by atoms with Crippen molar-refractivity contribution in [3.8, 4) is 0 Å². The zero-order chi connectivity index (χ0) is 13.9. The van der Waals surface area contributed by atoms with E-state index < -0.39 is 0 Å². The number of nitrogens with zero attached hydrogens (tertiary/aromatic N) is 3. The van der Waals surface area contributed by atoms with Crippen LogP contribution in [0.1, 0.15) is 58.6 Å². The van der Waals surface area contributed by atoms with Crippen LogP contribution in [-0.2, 0) is 6.42 Å². The molecule has 1 saturated heterocycles. The van der Waals surface area contributed by atoms with Crippen LogP contribution in [0.15, 0.2) is 12.4 Å². The summed E-state index contributed by atoms with van der Waals surface area (Å²) in [7, 11) is 0. The average Bonchev–Trinajstić information content (AvgIpc) is 2.77. The van der Waals surface area contributed by atoms with Gasteiger partial charge in [-0.3, -0.25) is 4.68 Å². The predicted molar refractivity (Wildman–Crippen MR) is 80.4 cm³/mol. The van der Waals surface area contributed by atoms with Crippen LogP contribution < -0.4 is 0 Å². The first-order valence-electron chi connectivity index (χ1n) is 7.73. The molecule has 0 aliphatic carbocycles. The van der Waals surface area contributed by atoms with Gasteiger partial charge in [0.1, 0.15) is 0 Å². The zero-order valence-corrected chi connectivity index (χ0v) is 13.0. The van der Waals surface area contributed by atoms with E-state index in [-0.39, 0.29) is 0 Å². The van der Waals surface area contributed by atoms with Crippen LogP contribution in [0.25, 0.3) is 0 Å². The molecular weight excluding hydrogens is 234 g/mol. The zero-order valence-electron chi connectivity index (χ0n) is 13.0. The Labute approximate surface area is 118 Å². The molecule has 0 saturated carbocycles. The van der Waals surface area contributed by atoms with Crippen LogP contribution in [0.5, 0.6) is 0 Å². The van der Waals surface area contributed by atoms with Crippen molar-refractivity contribution in [1.29, 1.82) is 0 Å². The summed E-state index contributed by atoms with van der Waals surface area (Å²) < 4.78 is 2.21. The van der Waals surface area contributed by atoms with Crippen LogP contribution in [0.2, 0.25) is 0 Å². The Morgan fingerprint density at radius 3 is 2.53 bits per heavy atom. The normalized spacial score (nSPS) is 18.9. The molecule has 2 rings (SSSR count). The highest BCUT2D eigenvalue weighted by molar-refractivity contribution is 5.04. The second-order valence-electron chi connectivity index (χ2n) is 7.15. The minimum atomic E-state index is 0.410. The van der Waals surface area contributed by atoms with Crippen LogP contribution in [-0.4, -0.2) is 34.3 Å². The van der Waals surface area contributed by atoms with E-state index in [4.69, 9.17) is 0 Å². The maximum absolute atomic E-state index is 4.56. The highest BCUT2D eigenvalue weighted by Crippen LogP contribution is 2.25. The first-order chi connectivity index (χ1) is 8.98. The molecular formula is C16H29N3. The van der Waals surface area contributed by atoms with Gasteiger partial charge in [0.25, 0.3) is 0 Å². The van der Waals surface area contributed by atoms with Crippen molar-refractivity contribution in [3.63, 3.8) is 0 Å². The summed E-state index contributed by atoms with van der Waals surface area (Å²) >= 11 is 0. The molecule has 2 heterocycles. The van der Waals surface area contributed by atoms with Crippen molar-refractivity contribution >= 4 is 0 Å². The van der Waals surface area contributed by atoms with E-state index in [1.54, 1.807) is 0 Å². The fraction of sp³-hybridized carbons (Fsp3) is 0.812. The van der Waals surface area contributed by atoms with Crippen LogP contribution >= 0.6 is 0 Å². The van der Waals surface area contributed by atoms with Gasteiger partial charge < -0.3 is 4.90 Å². The third-order valence-corrected chi connectivity index (χ3v) is 3.82. The molecule has 0 aromatic carbocycles. The minimum absolute atomic E-state index is 0.410. The molecule has 1 aliphatic heterocycles. The molecule has 0 bridgehead atoms. The largest absolute Gasteiger partial charge is 0.303 e. The van der Waals surface area contributed by atoms with Crippen molar-refractivity contribution in [2.45, 2.75) is 59.4 Å². The summed E-state index contributed by atoms with van der Waals surface area (Å²) in [6.07, 6.45) is 9.14. The molecule has 3 heteroatoms. The van der Waals surface area contributed by atoms with E-state index in [2.05, 4.69) is 48.6 Å². The van der Waals surface area contributed by atoms with E-state index in [0.717, 1.165) is 6.42 Å². The molecule has 0 atom stereocenters. The van der Waals surface area contributed by atoms with Gasteiger partial charge >= 0.3 is 0 Å². The Bertz CT molecular complexity index is 381. The summed E-state index contributed by atoms with van der Waals surface area (Å²) in [5, 5.41) is 4.56. The number of hydrogen-bond acceptors (Lipinski definition) is 2. The van der Waals surface area contributed by atoms with Gasteiger partial charge in [0.15, 0.2) is 0 Å². The maximum atomic E-state index is 4.56.